The molecule has 0 fully saturated rings. The number of fused-ring (bicyclic) bond motifs is 1. The van der Waals surface area contributed by atoms with Gasteiger partial charge in [-0.1, -0.05) is 55.8 Å². The zero-order valence-electron chi connectivity index (χ0n) is 17.4. The molecule has 0 aliphatic carbocycles. The van der Waals surface area contributed by atoms with Gasteiger partial charge in [-0.15, -0.1) is 0 Å². The summed E-state index contributed by atoms with van der Waals surface area (Å²) in [7, 11) is 0. The number of para-hydroxylation sites is 1. The number of nitrogens with zero attached hydrogens (tertiary/aromatic N) is 1. The Hall–Kier alpha value is -3.05. The molecule has 1 aromatic heterocycles. The molecule has 0 amide bonds. The summed E-state index contributed by atoms with van der Waals surface area (Å²) < 4.78 is 81.7. The first kappa shape index (κ1) is 25.6. The SMILES string of the molecule is CC(C)(c1ccc(Cl)cc1)c1nc2c(C(O)(C(F)(F)F)C(F)(F)F)cccc2c(C(=O)O)c1O. The molecule has 3 rings (SSSR count). The minimum Gasteiger partial charge on any atom is -0.505 e. The van der Waals surface area contributed by atoms with Gasteiger partial charge in [-0.2, -0.15) is 26.3 Å². The van der Waals surface area contributed by atoms with Crippen LogP contribution in [0, 0.1) is 0 Å². The number of carbonyl (C=O) groups is 1. The average Bonchev–Trinajstić information content (AvgIpc) is 2.70. The van der Waals surface area contributed by atoms with E-state index in [0.29, 0.717) is 22.7 Å². The Bertz CT molecular complexity index is 1260. The highest BCUT2D eigenvalue weighted by molar-refractivity contribution is 6.30. The molecule has 3 N–H and O–H groups in total. The highest BCUT2D eigenvalue weighted by Gasteiger charge is 2.72. The van der Waals surface area contributed by atoms with Crippen LogP contribution in [0.5, 0.6) is 5.75 Å². The van der Waals surface area contributed by atoms with E-state index in [2.05, 4.69) is 4.98 Å². The van der Waals surface area contributed by atoms with E-state index in [9.17, 15) is 46.5 Å². The lowest BCUT2D eigenvalue weighted by atomic mass is 9.79. The number of rotatable bonds is 4. The molecule has 3 aromatic rings. The van der Waals surface area contributed by atoms with Crippen molar-refractivity contribution in [2.75, 3.05) is 0 Å². The van der Waals surface area contributed by atoms with Crippen LogP contribution >= 0.6 is 11.6 Å². The standard InChI is InChI=1S/C22H16ClF6NO4/c1-19(2,10-6-8-11(23)9-7-10)17-16(31)14(18(32)33)12-4-3-5-13(15(12)30-17)20(34,21(24,25)26)22(27,28)29/h3-9,31,34H,1-2H3,(H,32,33). The monoisotopic (exact) mass is 507 g/mol. The Balaban J connectivity index is 2.51. The van der Waals surface area contributed by atoms with Crippen LogP contribution in [0.25, 0.3) is 10.9 Å². The zero-order valence-corrected chi connectivity index (χ0v) is 18.1. The third-order valence-electron chi connectivity index (χ3n) is 5.57. The molecule has 0 saturated heterocycles. The Morgan fingerprint density at radius 3 is 1.94 bits per heavy atom. The van der Waals surface area contributed by atoms with Crippen molar-refractivity contribution in [3.8, 4) is 5.75 Å². The number of benzene rings is 2. The lowest BCUT2D eigenvalue weighted by Gasteiger charge is -2.34. The van der Waals surface area contributed by atoms with E-state index in [1.54, 1.807) is 0 Å². The molecule has 0 spiro atoms. The summed E-state index contributed by atoms with van der Waals surface area (Å²) >= 11 is 5.86. The van der Waals surface area contributed by atoms with Gasteiger partial charge in [0, 0.05) is 21.4 Å². The maximum Gasteiger partial charge on any atom is 0.430 e. The molecule has 0 aliphatic rings. The minimum absolute atomic E-state index is 0.323. The van der Waals surface area contributed by atoms with Gasteiger partial charge in [0.2, 0.25) is 0 Å². The number of aromatic nitrogens is 1. The summed E-state index contributed by atoms with van der Waals surface area (Å²) in [6.07, 6.45) is -12.5. The number of aliphatic hydroxyl groups is 1. The quantitative estimate of drug-likeness (QED) is 0.381. The number of carboxylic acid groups (broad SMARTS) is 1. The van der Waals surface area contributed by atoms with Crippen LogP contribution in [0.4, 0.5) is 26.3 Å². The molecule has 5 nitrogen and oxygen atoms in total. The van der Waals surface area contributed by atoms with Crippen molar-refractivity contribution in [3.05, 3.63) is 69.9 Å². The molecule has 0 aliphatic heterocycles. The van der Waals surface area contributed by atoms with E-state index in [1.165, 1.54) is 38.1 Å². The van der Waals surface area contributed by atoms with Crippen LogP contribution < -0.4 is 0 Å². The van der Waals surface area contributed by atoms with Crippen LogP contribution in [0.2, 0.25) is 5.02 Å². The number of carboxylic acids is 1. The number of aromatic carboxylic acids is 1. The van der Waals surface area contributed by atoms with Crippen molar-refractivity contribution >= 4 is 28.5 Å². The predicted octanol–water partition coefficient (Wildman–Crippen LogP) is 5.93. The van der Waals surface area contributed by atoms with E-state index in [1.807, 2.05) is 0 Å². The topological polar surface area (TPSA) is 90.7 Å². The van der Waals surface area contributed by atoms with E-state index in [-0.39, 0.29) is 0 Å². The molecule has 12 heteroatoms. The number of hydrogen-bond donors (Lipinski definition) is 3. The first-order chi connectivity index (χ1) is 15.4. The molecular formula is C22H16ClF6NO4. The van der Waals surface area contributed by atoms with E-state index in [4.69, 9.17) is 11.6 Å². The molecule has 0 unspecified atom stereocenters. The van der Waals surface area contributed by atoms with Gasteiger partial charge in [0.15, 0.2) is 5.75 Å². The second-order valence-corrected chi connectivity index (χ2v) is 8.47. The second-order valence-electron chi connectivity index (χ2n) is 8.03. The predicted molar refractivity (Wildman–Crippen MR) is 110 cm³/mol. The summed E-state index contributed by atoms with van der Waals surface area (Å²) in [4.78, 5) is 15.8. The second kappa shape index (κ2) is 8.02. The highest BCUT2D eigenvalue weighted by Crippen LogP contribution is 2.52. The normalized spacial score (nSPS) is 13.4. The summed E-state index contributed by atoms with van der Waals surface area (Å²) in [6.45, 7) is 2.86. The van der Waals surface area contributed by atoms with E-state index in [0.717, 1.165) is 6.07 Å². The number of hydrogen-bond acceptors (Lipinski definition) is 4. The van der Waals surface area contributed by atoms with Crippen molar-refractivity contribution in [1.82, 2.24) is 4.98 Å². The molecule has 0 saturated carbocycles. The molecule has 0 atom stereocenters. The Kier molecular flexibility index (Phi) is 6.03. The lowest BCUT2D eigenvalue weighted by Crippen LogP contribution is -2.54. The first-order valence-corrected chi connectivity index (χ1v) is 9.84. The average molecular weight is 508 g/mol. The summed E-state index contributed by atoms with van der Waals surface area (Å²) in [6, 6.07) is 7.80. The van der Waals surface area contributed by atoms with Gasteiger partial charge in [-0.05, 0) is 17.7 Å². The van der Waals surface area contributed by atoms with Gasteiger partial charge in [-0.25, -0.2) is 9.78 Å². The van der Waals surface area contributed by atoms with Gasteiger partial charge >= 0.3 is 18.3 Å². The minimum atomic E-state index is -6.23. The number of pyridine rings is 1. The van der Waals surface area contributed by atoms with E-state index >= 15 is 0 Å². The van der Waals surface area contributed by atoms with Crippen molar-refractivity contribution < 1.29 is 46.5 Å². The van der Waals surface area contributed by atoms with E-state index < -0.39 is 62.8 Å². The fraction of sp³-hybridized carbons (Fsp3) is 0.273. The van der Waals surface area contributed by atoms with Crippen LogP contribution in [0.1, 0.15) is 41.0 Å². The maximum absolute atomic E-state index is 13.6. The molecular weight excluding hydrogens is 492 g/mol. The van der Waals surface area contributed by atoms with Gasteiger partial charge in [-0.3, -0.25) is 0 Å². The third-order valence-corrected chi connectivity index (χ3v) is 5.82. The van der Waals surface area contributed by atoms with Crippen molar-refractivity contribution in [2.24, 2.45) is 0 Å². The van der Waals surface area contributed by atoms with Gasteiger partial charge in [0.05, 0.1) is 11.2 Å². The fourth-order valence-electron chi connectivity index (χ4n) is 3.69. The van der Waals surface area contributed by atoms with Crippen molar-refractivity contribution in [3.63, 3.8) is 0 Å². The van der Waals surface area contributed by atoms with Gasteiger partial charge in [0.25, 0.3) is 5.60 Å². The fourth-order valence-corrected chi connectivity index (χ4v) is 3.82. The Morgan fingerprint density at radius 1 is 0.941 bits per heavy atom. The smallest absolute Gasteiger partial charge is 0.430 e. The summed E-state index contributed by atoms with van der Waals surface area (Å²) in [5.41, 5.74) is -10.7. The number of alkyl halides is 6. The lowest BCUT2D eigenvalue weighted by molar-refractivity contribution is -0.375. The third kappa shape index (κ3) is 3.82. The van der Waals surface area contributed by atoms with Gasteiger partial charge in [0.1, 0.15) is 5.56 Å². The Morgan fingerprint density at radius 2 is 1.47 bits per heavy atom. The van der Waals surface area contributed by atoms with Crippen molar-refractivity contribution in [2.45, 2.75) is 37.2 Å². The largest absolute Gasteiger partial charge is 0.505 e. The molecule has 1 heterocycles. The molecule has 2 aromatic carbocycles. The molecule has 0 radical (unpaired) electrons. The number of aromatic hydroxyl groups is 1. The van der Waals surface area contributed by atoms with Crippen LogP contribution in [-0.2, 0) is 11.0 Å². The molecule has 0 bridgehead atoms. The summed E-state index contributed by atoms with van der Waals surface area (Å²) in [5, 5.41) is 30.0. The molecule has 182 valence electrons. The zero-order chi connectivity index (χ0) is 25.9. The van der Waals surface area contributed by atoms with Crippen molar-refractivity contribution in [1.29, 1.82) is 0 Å². The first-order valence-electron chi connectivity index (χ1n) is 9.46. The van der Waals surface area contributed by atoms with Crippen LogP contribution in [0.3, 0.4) is 0 Å². The summed E-state index contributed by atoms with van der Waals surface area (Å²) in [5.74, 6) is -2.77. The maximum atomic E-state index is 13.6. The van der Waals surface area contributed by atoms with Crippen LogP contribution in [-0.4, -0.2) is 38.6 Å². The highest BCUT2D eigenvalue weighted by atomic mass is 35.5. The number of halogens is 7. The molecule has 34 heavy (non-hydrogen) atoms. The van der Waals surface area contributed by atoms with Gasteiger partial charge < -0.3 is 15.3 Å². The Labute approximate surface area is 193 Å². The van der Waals surface area contributed by atoms with Crippen LogP contribution in [0.15, 0.2) is 42.5 Å².